The van der Waals surface area contributed by atoms with Crippen molar-refractivity contribution in [3.05, 3.63) is 0 Å². The largest absolute Gasteiger partial charge is 0.481 e. The Kier molecular flexibility index (Phi) is 4.55. The summed E-state index contributed by atoms with van der Waals surface area (Å²) in [5.74, 6) is -1.07. The first kappa shape index (κ1) is 12.0. The molecule has 0 bridgehead atoms. The molecular weight excluding hydrogens is 198 g/mol. The summed E-state index contributed by atoms with van der Waals surface area (Å²) in [4.78, 5) is 22.1. The van der Waals surface area contributed by atoms with Gasteiger partial charge in [-0.25, -0.2) is 0 Å². The molecule has 0 radical (unpaired) electrons. The Balaban J connectivity index is 2.36. The molecule has 1 aliphatic rings. The molecule has 0 aromatic carbocycles. The fourth-order valence-corrected chi connectivity index (χ4v) is 1.59. The van der Waals surface area contributed by atoms with E-state index in [0.29, 0.717) is 13.0 Å². The van der Waals surface area contributed by atoms with Gasteiger partial charge < -0.3 is 15.2 Å². The SMILES string of the molecule is CCC(CC(=O)O)NC(=O)[C@@H]1CCCO1. The second kappa shape index (κ2) is 5.70. The summed E-state index contributed by atoms with van der Waals surface area (Å²) in [7, 11) is 0. The van der Waals surface area contributed by atoms with Crippen molar-refractivity contribution in [2.75, 3.05) is 6.61 Å². The smallest absolute Gasteiger partial charge is 0.305 e. The van der Waals surface area contributed by atoms with Gasteiger partial charge in [-0.15, -0.1) is 0 Å². The molecule has 0 aliphatic carbocycles. The maximum atomic E-state index is 11.6. The third-order valence-corrected chi connectivity index (χ3v) is 2.48. The van der Waals surface area contributed by atoms with Crippen molar-refractivity contribution in [1.29, 1.82) is 0 Å². The molecule has 2 N–H and O–H groups in total. The summed E-state index contributed by atoms with van der Waals surface area (Å²) in [5, 5.41) is 11.3. The van der Waals surface area contributed by atoms with Crippen LogP contribution >= 0.6 is 0 Å². The Labute approximate surface area is 88.8 Å². The highest BCUT2D eigenvalue weighted by Gasteiger charge is 2.25. The monoisotopic (exact) mass is 215 g/mol. The standard InChI is InChI=1S/C10H17NO4/c1-2-7(6-9(12)13)11-10(14)8-4-3-5-15-8/h7-8H,2-6H2,1H3,(H,11,14)(H,12,13)/t7?,8-/m0/s1. The first-order valence-electron chi connectivity index (χ1n) is 5.27. The van der Waals surface area contributed by atoms with E-state index in [4.69, 9.17) is 9.84 Å². The van der Waals surface area contributed by atoms with Crippen LogP contribution < -0.4 is 5.32 Å². The van der Waals surface area contributed by atoms with Crippen LogP contribution in [0.1, 0.15) is 32.6 Å². The number of carboxylic acid groups (broad SMARTS) is 1. The molecule has 15 heavy (non-hydrogen) atoms. The van der Waals surface area contributed by atoms with Crippen molar-refractivity contribution in [2.24, 2.45) is 0 Å². The quantitative estimate of drug-likeness (QED) is 0.701. The molecule has 0 saturated carbocycles. The molecule has 1 amide bonds. The highest BCUT2D eigenvalue weighted by molar-refractivity contribution is 5.81. The summed E-state index contributed by atoms with van der Waals surface area (Å²) in [6, 6.07) is -0.292. The number of rotatable bonds is 5. The number of hydrogen-bond donors (Lipinski definition) is 2. The summed E-state index contributed by atoms with van der Waals surface area (Å²) in [6.07, 6.45) is 1.83. The van der Waals surface area contributed by atoms with E-state index >= 15 is 0 Å². The molecule has 0 aromatic rings. The second-order valence-corrected chi connectivity index (χ2v) is 3.71. The number of amides is 1. The topological polar surface area (TPSA) is 75.6 Å². The minimum Gasteiger partial charge on any atom is -0.481 e. The van der Waals surface area contributed by atoms with Gasteiger partial charge in [0.2, 0.25) is 5.91 Å². The normalized spacial score (nSPS) is 22.3. The lowest BCUT2D eigenvalue weighted by molar-refractivity contribution is -0.138. The minimum absolute atomic E-state index is 0.0328. The van der Waals surface area contributed by atoms with Crippen LogP contribution in [0.3, 0.4) is 0 Å². The fourth-order valence-electron chi connectivity index (χ4n) is 1.59. The molecule has 0 aromatic heterocycles. The van der Waals surface area contributed by atoms with E-state index in [1.54, 1.807) is 0 Å². The molecule has 1 unspecified atom stereocenters. The highest BCUT2D eigenvalue weighted by atomic mass is 16.5. The molecule has 86 valence electrons. The van der Waals surface area contributed by atoms with E-state index in [1.165, 1.54) is 0 Å². The number of hydrogen-bond acceptors (Lipinski definition) is 3. The summed E-state index contributed by atoms with van der Waals surface area (Å²) < 4.78 is 5.21. The fraction of sp³-hybridized carbons (Fsp3) is 0.800. The zero-order valence-corrected chi connectivity index (χ0v) is 8.86. The molecule has 1 aliphatic heterocycles. The predicted octanol–water partition coefficient (Wildman–Crippen LogP) is 0.535. The van der Waals surface area contributed by atoms with Gasteiger partial charge in [0.05, 0.1) is 6.42 Å². The molecule has 5 heteroatoms. The van der Waals surface area contributed by atoms with Gasteiger partial charge in [-0.2, -0.15) is 0 Å². The van der Waals surface area contributed by atoms with Crippen molar-refractivity contribution in [3.63, 3.8) is 0 Å². The van der Waals surface area contributed by atoms with Gasteiger partial charge in [0.15, 0.2) is 0 Å². The van der Waals surface area contributed by atoms with Gasteiger partial charge in [0.1, 0.15) is 6.10 Å². The maximum Gasteiger partial charge on any atom is 0.305 e. The van der Waals surface area contributed by atoms with Gasteiger partial charge in [-0.3, -0.25) is 9.59 Å². The third kappa shape index (κ3) is 3.87. The van der Waals surface area contributed by atoms with E-state index in [2.05, 4.69) is 5.32 Å². The number of aliphatic carboxylic acids is 1. The molecule has 2 atom stereocenters. The van der Waals surface area contributed by atoms with E-state index in [9.17, 15) is 9.59 Å². The molecular formula is C10H17NO4. The number of carboxylic acids is 1. The van der Waals surface area contributed by atoms with Crippen LogP contribution in [0.2, 0.25) is 0 Å². The van der Waals surface area contributed by atoms with Crippen LogP contribution in [-0.2, 0) is 14.3 Å². The van der Waals surface area contributed by atoms with Gasteiger partial charge in [-0.1, -0.05) is 6.92 Å². The minimum atomic E-state index is -0.894. The van der Waals surface area contributed by atoms with Crippen molar-refractivity contribution in [3.8, 4) is 0 Å². The van der Waals surface area contributed by atoms with Crippen molar-refractivity contribution in [2.45, 2.75) is 44.8 Å². The summed E-state index contributed by atoms with van der Waals surface area (Å²) in [6.45, 7) is 2.47. The zero-order valence-electron chi connectivity index (χ0n) is 8.86. The van der Waals surface area contributed by atoms with E-state index in [-0.39, 0.29) is 24.5 Å². The average Bonchev–Trinajstić information content (AvgIpc) is 2.68. The molecule has 0 spiro atoms. The lowest BCUT2D eigenvalue weighted by atomic mass is 10.1. The van der Waals surface area contributed by atoms with Crippen molar-refractivity contribution >= 4 is 11.9 Å². The molecule has 5 nitrogen and oxygen atoms in total. The van der Waals surface area contributed by atoms with Gasteiger partial charge in [0.25, 0.3) is 0 Å². The average molecular weight is 215 g/mol. The van der Waals surface area contributed by atoms with Crippen molar-refractivity contribution in [1.82, 2.24) is 5.32 Å². The first-order valence-corrected chi connectivity index (χ1v) is 5.27. The number of carbonyl (C=O) groups excluding carboxylic acids is 1. The van der Waals surface area contributed by atoms with Gasteiger partial charge >= 0.3 is 5.97 Å². The Morgan fingerprint density at radius 1 is 1.60 bits per heavy atom. The number of ether oxygens (including phenoxy) is 1. The van der Waals surface area contributed by atoms with E-state index in [0.717, 1.165) is 12.8 Å². The van der Waals surface area contributed by atoms with Crippen molar-refractivity contribution < 1.29 is 19.4 Å². The molecule has 1 fully saturated rings. The summed E-state index contributed by atoms with van der Waals surface area (Å²) >= 11 is 0. The van der Waals surface area contributed by atoms with E-state index in [1.807, 2.05) is 6.92 Å². The Morgan fingerprint density at radius 3 is 2.80 bits per heavy atom. The lowest BCUT2D eigenvalue weighted by Crippen LogP contribution is -2.41. The molecule has 1 heterocycles. The van der Waals surface area contributed by atoms with Crippen LogP contribution in [0.5, 0.6) is 0 Å². The van der Waals surface area contributed by atoms with E-state index < -0.39 is 5.97 Å². The van der Waals surface area contributed by atoms with Crippen LogP contribution in [0, 0.1) is 0 Å². The van der Waals surface area contributed by atoms with Crippen LogP contribution in [0.25, 0.3) is 0 Å². The van der Waals surface area contributed by atoms with Crippen LogP contribution in [-0.4, -0.2) is 35.7 Å². The highest BCUT2D eigenvalue weighted by Crippen LogP contribution is 2.12. The number of nitrogens with one attached hydrogen (secondary N) is 1. The Bertz CT molecular complexity index is 236. The summed E-state index contributed by atoms with van der Waals surface area (Å²) in [5.41, 5.74) is 0. The first-order chi connectivity index (χ1) is 7.13. The van der Waals surface area contributed by atoms with Crippen LogP contribution in [0.15, 0.2) is 0 Å². The second-order valence-electron chi connectivity index (χ2n) is 3.71. The van der Waals surface area contributed by atoms with Gasteiger partial charge in [-0.05, 0) is 19.3 Å². The van der Waals surface area contributed by atoms with Crippen LogP contribution in [0.4, 0.5) is 0 Å². The predicted molar refractivity (Wildman–Crippen MR) is 53.4 cm³/mol. The Morgan fingerprint density at radius 2 is 2.33 bits per heavy atom. The van der Waals surface area contributed by atoms with Gasteiger partial charge in [0, 0.05) is 12.6 Å². The zero-order chi connectivity index (χ0) is 11.3. The molecule has 1 saturated heterocycles. The molecule has 1 rings (SSSR count). The maximum absolute atomic E-state index is 11.6. The Hall–Kier alpha value is -1.10. The third-order valence-electron chi connectivity index (χ3n) is 2.48. The number of carbonyl (C=O) groups is 2. The lowest BCUT2D eigenvalue weighted by Gasteiger charge is -2.17.